The molecule has 2 aliphatic rings. The van der Waals surface area contributed by atoms with E-state index in [0.29, 0.717) is 12.1 Å². The van der Waals surface area contributed by atoms with Crippen LogP contribution in [0.5, 0.6) is 5.75 Å². The second-order valence-corrected chi connectivity index (χ2v) is 7.20. The molecule has 0 radical (unpaired) electrons. The number of ether oxygens (including phenoxy) is 1. The fraction of sp³-hybridized carbons (Fsp3) is 0.684. The van der Waals surface area contributed by atoms with E-state index in [4.69, 9.17) is 4.74 Å². The molecule has 4 nitrogen and oxygen atoms in total. The second kappa shape index (κ2) is 7.65. The summed E-state index contributed by atoms with van der Waals surface area (Å²) >= 11 is 0. The van der Waals surface area contributed by atoms with Crippen molar-refractivity contribution in [3.8, 4) is 5.75 Å². The highest BCUT2D eigenvalue weighted by Crippen LogP contribution is 2.27. The minimum atomic E-state index is 0.213. The fourth-order valence-corrected chi connectivity index (χ4v) is 3.94. The number of rotatable bonds is 6. The van der Waals surface area contributed by atoms with E-state index in [1.165, 1.54) is 24.9 Å². The first-order valence-electron chi connectivity index (χ1n) is 9.00. The number of benzene rings is 1. The topological polar surface area (TPSA) is 35.9 Å². The lowest BCUT2D eigenvalue weighted by Crippen LogP contribution is -2.55. The van der Waals surface area contributed by atoms with Crippen molar-refractivity contribution >= 4 is 0 Å². The van der Waals surface area contributed by atoms with E-state index in [9.17, 15) is 5.11 Å². The molecule has 0 amide bonds. The lowest BCUT2D eigenvalue weighted by Gasteiger charge is -2.43. The van der Waals surface area contributed by atoms with Gasteiger partial charge in [0.1, 0.15) is 5.75 Å². The van der Waals surface area contributed by atoms with Crippen LogP contribution in [0.1, 0.15) is 38.7 Å². The Morgan fingerprint density at radius 2 is 2.00 bits per heavy atom. The molecule has 2 saturated heterocycles. The highest BCUT2D eigenvalue weighted by molar-refractivity contribution is 5.27. The van der Waals surface area contributed by atoms with Crippen molar-refractivity contribution in [2.24, 2.45) is 0 Å². The van der Waals surface area contributed by atoms with Crippen LogP contribution in [-0.2, 0) is 6.54 Å². The third-order valence-corrected chi connectivity index (χ3v) is 5.05. The smallest absolute Gasteiger partial charge is 0.119 e. The van der Waals surface area contributed by atoms with Crippen LogP contribution < -0.4 is 4.74 Å². The molecular weight excluding hydrogens is 288 g/mol. The van der Waals surface area contributed by atoms with Crippen LogP contribution in [0.15, 0.2) is 24.3 Å². The SMILES string of the molecule is CC(C)Oc1ccc(CN2CC3CCCN3C[C@@H]2CCO)cc1. The van der Waals surface area contributed by atoms with Crippen LogP contribution in [0.3, 0.4) is 0 Å². The predicted molar refractivity (Wildman–Crippen MR) is 92.7 cm³/mol. The molecule has 0 aromatic heterocycles. The van der Waals surface area contributed by atoms with Gasteiger partial charge >= 0.3 is 0 Å². The molecule has 1 aromatic rings. The molecule has 1 N–H and O–H groups in total. The normalized spacial score (nSPS) is 25.7. The Kier molecular flexibility index (Phi) is 5.57. The summed E-state index contributed by atoms with van der Waals surface area (Å²) in [7, 11) is 0. The molecule has 1 unspecified atom stereocenters. The van der Waals surface area contributed by atoms with Crippen LogP contribution in [0.2, 0.25) is 0 Å². The van der Waals surface area contributed by atoms with Crippen molar-refractivity contribution in [1.82, 2.24) is 9.80 Å². The lowest BCUT2D eigenvalue weighted by molar-refractivity contribution is 0.0333. The van der Waals surface area contributed by atoms with Gasteiger partial charge in [-0.1, -0.05) is 12.1 Å². The first-order valence-corrected chi connectivity index (χ1v) is 9.00. The van der Waals surface area contributed by atoms with Gasteiger partial charge in [-0.2, -0.15) is 0 Å². The fourth-order valence-electron chi connectivity index (χ4n) is 3.94. The van der Waals surface area contributed by atoms with Gasteiger partial charge in [-0.05, 0) is 57.4 Å². The molecule has 0 saturated carbocycles. The predicted octanol–water partition coefficient (Wildman–Crippen LogP) is 2.50. The van der Waals surface area contributed by atoms with E-state index in [1.54, 1.807) is 0 Å². The molecule has 0 spiro atoms. The molecule has 2 aliphatic heterocycles. The van der Waals surface area contributed by atoms with Crippen LogP contribution >= 0.6 is 0 Å². The van der Waals surface area contributed by atoms with Gasteiger partial charge in [0, 0.05) is 38.3 Å². The Morgan fingerprint density at radius 1 is 1.22 bits per heavy atom. The maximum atomic E-state index is 9.40. The molecule has 0 aliphatic carbocycles. The molecule has 1 aromatic carbocycles. The Hall–Kier alpha value is -1.10. The summed E-state index contributed by atoms with van der Waals surface area (Å²) in [4.78, 5) is 5.19. The van der Waals surface area contributed by atoms with E-state index in [0.717, 1.165) is 31.8 Å². The zero-order valence-electron chi connectivity index (χ0n) is 14.4. The Labute approximate surface area is 140 Å². The van der Waals surface area contributed by atoms with Gasteiger partial charge < -0.3 is 9.84 Å². The third kappa shape index (κ3) is 4.25. The highest BCUT2D eigenvalue weighted by atomic mass is 16.5. The summed E-state index contributed by atoms with van der Waals surface area (Å²) < 4.78 is 5.72. The zero-order chi connectivity index (χ0) is 16.2. The first-order chi connectivity index (χ1) is 11.2. The first kappa shape index (κ1) is 16.7. The maximum Gasteiger partial charge on any atom is 0.119 e. The summed E-state index contributed by atoms with van der Waals surface area (Å²) in [6.07, 6.45) is 3.73. The van der Waals surface area contributed by atoms with Crippen molar-refractivity contribution in [2.45, 2.75) is 57.8 Å². The third-order valence-electron chi connectivity index (χ3n) is 5.05. The van der Waals surface area contributed by atoms with Gasteiger partial charge in [0.15, 0.2) is 0 Å². The monoisotopic (exact) mass is 318 g/mol. The van der Waals surface area contributed by atoms with Crippen LogP contribution in [0.4, 0.5) is 0 Å². The molecule has 4 heteroatoms. The number of piperazine rings is 1. The lowest BCUT2D eigenvalue weighted by atomic mass is 10.0. The summed E-state index contributed by atoms with van der Waals surface area (Å²) in [5, 5.41) is 9.40. The van der Waals surface area contributed by atoms with E-state index in [1.807, 2.05) is 0 Å². The second-order valence-electron chi connectivity index (χ2n) is 7.20. The maximum absolute atomic E-state index is 9.40. The van der Waals surface area contributed by atoms with Crippen molar-refractivity contribution in [3.63, 3.8) is 0 Å². The standard InChI is InChI=1S/C19H30N2O2/c1-15(2)23-19-7-5-16(6-8-19)12-21-14-17-4-3-10-20(17)13-18(21)9-11-22/h5-8,15,17-18,22H,3-4,9-14H2,1-2H3/t17?,18-/m0/s1. The summed E-state index contributed by atoms with van der Waals surface area (Å²) in [6.45, 7) is 8.83. The number of nitrogens with zero attached hydrogens (tertiary/aromatic N) is 2. The van der Waals surface area contributed by atoms with Gasteiger partial charge in [-0.3, -0.25) is 9.80 Å². The summed E-state index contributed by atoms with van der Waals surface area (Å²) in [5.74, 6) is 0.941. The van der Waals surface area contributed by atoms with Crippen molar-refractivity contribution in [3.05, 3.63) is 29.8 Å². The number of hydrogen-bond donors (Lipinski definition) is 1. The van der Waals surface area contributed by atoms with E-state index in [-0.39, 0.29) is 12.7 Å². The van der Waals surface area contributed by atoms with E-state index in [2.05, 4.69) is 47.9 Å². The summed E-state index contributed by atoms with van der Waals surface area (Å²) in [6, 6.07) is 9.68. The molecular formula is C19H30N2O2. The van der Waals surface area contributed by atoms with Crippen LogP contribution in [0.25, 0.3) is 0 Å². The van der Waals surface area contributed by atoms with Gasteiger partial charge in [0.25, 0.3) is 0 Å². The van der Waals surface area contributed by atoms with E-state index >= 15 is 0 Å². The molecule has 0 bridgehead atoms. The zero-order valence-corrected chi connectivity index (χ0v) is 14.4. The van der Waals surface area contributed by atoms with Crippen molar-refractivity contribution < 1.29 is 9.84 Å². The Bertz CT molecular complexity index is 489. The Balaban J connectivity index is 1.64. The number of hydrogen-bond acceptors (Lipinski definition) is 4. The molecule has 2 fully saturated rings. The molecule has 2 atom stereocenters. The van der Waals surface area contributed by atoms with Crippen LogP contribution in [-0.4, -0.2) is 59.3 Å². The van der Waals surface area contributed by atoms with Crippen molar-refractivity contribution in [2.75, 3.05) is 26.2 Å². The van der Waals surface area contributed by atoms with Gasteiger partial charge in [-0.25, -0.2) is 0 Å². The Morgan fingerprint density at radius 3 is 2.70 bits per heavy atom. The van der Waals surface area contributed by atoms with Crippen LogP contribution in [0, 0.1) is 0 Å². The largest absolute Gasteiger partial charge is 0.491 e. The highest BCUT2D eigenvalue weighted by Gasteiger charge is 2.35. The van der Waals surface area contributed by atoms with Gasteiger partial charge in [-0.15, -0.1) is 0 Å². The van der Waals surface area contributed by atoms with E-state index < -0.39 is 0 Å². The average Bonchev–Trinajstić information content (AvgIpc) is 2.96. The van der Waals surface area contributed by atoms with Gasteiger partial charge in [0.2, 0.25) is 0 Å². The number of aliphatic hydroxyl groups excluding tert-OH is 1. The molecule has 3 rings (SSSR count). The quantitative estimate of drug-likeness (QED) is 0.874. The molecule has 2 heterocycles. The summed E-state index contributed by atoms with van der Waals surface area (Å²) in [5.41, 5.74) is 1.33. The average molecular weight is 318 g/mol. The minimum absolute atomic E-state index is 0.213. The number of fused-ring (bicyclic) bond motifs is 1. The molecule has 23 heavy (non-hydrogen) atoms. The minimum Gasteiger partial charge on any atom is -0.491 e. The van der Waals surface area contributed by atoms with Crippen molar-refractivity contribution in [1.29, 1.82) is 0 Å². The molecule has 128 valence electrons. The number of aliphatic hydroxyl groups is 1. The van der Waals surface area contributed by atoms with Gasteiger partial charge in [0.05, 0.1) is 6.10 Å².